The van der Waals surface area contributed by atoms with Crippen molar-refractivity contribution in [3.8, 4) is 0 Å². The van der Waals surface area contributed by atoms with E-state index in [4.69, 9.17) is 0 Å². The summed E-state index contributed by atoms with van der Waals surface area (Å²) in [6.07, 6.45) is 0. The van der Waals surface area contributed by atoms with Crippen molar-refractivity contribution < 1.29 is 0 Å². The van der Waals surface area contributed by atoms with Gasteiger partial charge in [0.15, 0.2) is 0 Å². The lowest BCUT2D eigenvalue weighted by Gasteiger charge is -2.33. The fraction of sp³-hybridized carbons (Fsp3) is 0.455. The molecule has 0 aliphatic carbocycles. The molecule has 0 spiro atoms. The third-order valence-corrected chi connectivity index (χ3v) is 5.22. The van der Waals surface area contributed by atoms with Crippen molar-refractivity contribution in [2.24, 2.45) is 0 Å². The van der Waals surface area contributed by atoms with Crippen LogP contribution in [-0.2, 0) is 0 Å². The van der Waals surface area contributed by atoms with E-state index >= 15 is 0 Å². The summed E-state index contributed by atoms with van der Waals surface area (Å²) in [7, 11) is 0. The summed E-state index contributed by atoms with van der Waals surface area (Å²) < 4.78 is 0. The van der Waals surface area contributed by atoms with E-state index in [2.05, 4.69) is 88.6 Å². The predicted octanol–water partition coefficient (Wildman–Crippen LogP) is 5.29. The summed E-state index contributed by atoms with van der Waals surface area (Å²) in [6.45, 7) is 17.7. The van der Waals surface area contributed by atoms with Gasteiger partial charge in [-0.3, -0.25) is 0 Å². The molecule has 0 unspecified atom stereocenters. The molecule has 1 saturated heterocycles. The van der Waals surface area contributed by atoms with Crippen LogP contribution in [0.3, 0.4) is 0 Å². The maximum Gasteiger partial charge on any atom is 0.0910 e. The second kappa shape index (κ2) is 5.84. The fourth-order valence-electron chi connectivity index (χ4n) is 4.30. The molecule has 0 saturated carbocycles. The molecule has 0 radical (unpaired) electrons. The number of nitrogens with zero attached hydrogens (tertiary/aromatic N) is 2. The standard InChI is InChI=1S/C22H30N2/c1-15-8-9-20(17(3)10-15)24-14-23(13-22(24,6)7)21-18(4)11-16(2)12-19(21)5/h8-12H,13-14H2,1-7H3. The van der Waals surface area contributed by atoms with Crippen LogP contribution in [0.25, 0.3) is 0 Å². The van der Waals surface area contributed by atoms with Crippen LogP contribution in [0.5, 0.6) is 0 Å². The molecule has 2 aromatic carbocycles. The Bertz CT molecular complexity index is 751. The smallest absolute Gasteiger partial charge is 0.0910 e. The molecule has 0 amide bonds. The lowest BCUT2D eigenvalue weighted by molar-refractivity contribution is 0.552. The Balaban J connectivity index is 1.99. The van der Waals surface area contributed by atoms with Crippen LogP contribution < -0.4 is 9.80 Å². The lowest BCUT2D eigenvalue weighted by atomic mass is 10.0. The highest BCUT2D eigenvalue weighted by Crippen LogP contribution is 2.37. The molecule has 2 heteroatoms. The van der Waals surface area contributed by atoms with Crippen molar-refractivity contribution in [2.45, 2.75) is 54.0 Å². The molecule has 1 aliphatic rings. The number of benzene rings is 2. The number of rotatable bonds is 2. The minimum absolute atomic E-state index is 0.115. The van der Waals surface area contributed by atoms with Crippen molar-refractivity contribution in [1.29, 1.82) is 0 Å². The molecule has 1 aliphatic heterocycles. The summed E-state index contributed by atoms with van der Waals surface area (Å²) in [6, 6.07) is 11.4. The molecule has 2 nitrogen and oxygen atoms in total. The first kappa shape index (κ1) is 16.9. The van der Waals surface area contributed by atoms with Gasteiger partial charge in [0.2, 0.25) is 0 Å². The Labute approximate surface area is 147 Å². The zero-order valence-corrected chi connectivity index (χ0v) is 16.2. The average molecular weight is 322 g/mol. The summed E-state index contributed by atoms with van der Waals surface area (Å²) in [5.41, 5.74) is 9.67. The molecule has 0 N–H and O–H groups in total. The van der Waals surface area contributed by atoms with Gasteiger partial charge >= 0.3 is 0 Å². The number of hydrogen-bond acceptors (Lipinski definition) is 2. The molecule has 2 aromatic rings. The van der Waals surface area contributed by atoms with Gasteiger partial charge in [0, 0.05) is 17.9 Å². The summed E-state index contributed by atoms with van der Waals surface area (Å²) >= 11 is 0. The van der Waals surface area contributed by atoms with Gasteiger partial charge < -0.3 is 9.80 Å². The van der Waals surface area contributed by atoms with E-state index in [1.54, 1.807) is 0 Å². The minimum atomic E-state index is 0.115. The van der Waals surface area contributed by atoms with E-state index in [0.717, 1.165) is 13.2 Å². The van der Waals surface area contributed by atoms with Gasteiger partial charge in [-0.15, -0.1) is 0 Å². The Morgan fingerprint density at radius 1 is 0.792 bits per heavy atom. The summed E-state index contributed by atoms with van der Waals surface area (Å²) in [5.74, 6) is 0. The van der Waals surface area contributed by atoms with Gasteiger partial charge in [-0.1, -0.05) is 35.4 Å². The van der Waals surface area contributed by atoms with Crippen LogP contribution in [0.4, 0.5) is 11.4 Å². The first-order chi connectivity index (χ1) is 11.2. The van der Waals surface area contributed by atoms with Crippen LogP contribution >= 0.6 is 0 Å². The Hall–Kier alpha value is -1.96. The second-order valence-electron chi connectivity index (χ2n) is 8.12. The van der Waals surface area contributed by atoms with Crippen LogP contribution in [0.2, 0.25) is 0 Å². The van der Waals surface area contributed by atoms with Gasteiger partial charge in [-0.05, 0) is 71.2 Å². The molecular formula is C22H30N2. The average Bonchev–Trinajstić information content (AvgIpc) is 2.73. The Morgan fingerprint density at radius 3 is 1.96 bits per heavy atom. The molecule has 1 fully saturated rings. The number of anilines is 2. The SMILES string of the molecule is Cc1ccc(N2CN(c3c(C)cc(C)cc3C)CC2(C)C)c(C)c1. The molecule has 0 atom stereocenters. The van der Waals surface area contributed by atoms with E-state index in [0.29, 0.717) is 0 Å². The predicted molar refractivity (Wildman–Crippen MR) is 105 cm³/mol. The van der Waals surface area contributed by atoms with Crippen LogP contribution in [0, 0.1) is 34.6 Å². The highest BCUT2D eigenvalue weighted by Gasteiger charge is 2.38. The van der Waals surface area contributed by atoms with Crippen molar-refractivity contribution >= 4 is 11.4 Å². The maximum atomic E-state index is 2.56. The molecule has 0 bridgehead atoms. The first-order valence-corrected chi connectivity index (χ1v) is 8.87. The first-order valence-electron chi connectivity index (χ1n) is 8.87. The summed E-state index contributed by atoms with van der Waals surface area (Å²) in [4.78, 5) is 5.10. The molecule has 3 rings (SSSR count). The van der Waals surface area contributed by atoms with Crippen LogP contribution in [-0.4, -0.2) is 18.8 Å². The lowest BCUT2D eigenvalue weighted by Crippen LogP contribution is -2.40. The monoisotopic (exact) mass is 322 g/mol. The van der Waals surface area contributed by atoms with E-state index < -0.39 is 0 Å². The minimum Gasteiger partial charge on any atom is -0.351 e. The summed E-state index contributed by atoms with van der Waals surface area (Å²) in [5, 5.41) is 0. The van der Waals surface area contributed by atoms with Crippen molar-refractivity contribution in [2.75, 3.05) is 23.0 Å². The number of aryl methyl sites for hydroxylation is 5. The topological polar surface area (TPSA) is 6.48 Å². The van der Waals surface area contributed by atoms with Gasteiger partial charge in [-0.2, -0.15) is 0 Å². The normalized spacial score (nSPS) is 16.8. The molecule has 0 aromatic heterocycles. The van der Waals surface area contributed by atoms with E-state index in [1.807, 2.05) is 0 Å². The van der Waals surface area contributed by atoms with Gasteiger partial charge in [-0.25, -0.2) is 0 Å². The second-order valence-corrected chi connectivity index (χ2v) is 8.12. The van der Waals surface area contributed by atoms with E-state index in [-0.39, 0.29) is 5.54 Å². The highest BCUT2D eigenvalue weighted by molar-refractivity contribution is 5.66. The van der Waals surface area contributed by atoms with Crippen molar-refractivity contribution in [1.82, 2.24) is 0 Å². The van der Waals surface area contributed by atoms with E-state index in [9.17, 15) is 0 Å². The largest absolute Gasteiger partial charge is 0.351 e. The van der Waals surface area contributed by atoms with Gasteiger partial charge in [0.25, 0.3) is 0 Å². The van der Waals surface area contributed by atoms with Crippen molar-refractivity contribution in [3.63, 3.8) is 0 Å². The fourth-order valence-corrected chi connectivity index (χ4v) is 4.30. The third-order valence-electron chi connectivity index (χ3n) is 5.22. The van der Waals surface area contributed by atoms with E-state index in [1.165, 1.54) is 39.2 Å². The molecule has 1 heterocycles. The third kappa shape index (κ3) is 2.90. The van der Waals surface area contributed by atoms with Crippen molar-refractivity contribution in [3.05, 3.63) is 58.1 Å². The Morgan fingerprint density at radius 2 is 1.38 bits per heavy atom. The molecular weight excluding hydrogens is 292 g/mol. The van der Waals surface area contributed by atoms with Gasteiger partial charge in [0.1, 0.15) is 0 Å². The van der Waals surface area contributed by atoms with Crippen LogP contribution in [0.15, 0.2) is 30.3 Å². The highest BCUT2D eigenvalue weighted by atomic mass is 15.4. The quantitative estimate of drug-likeness (QED) is 0.741. The van der Waals surface area contributed by atoms with Crippen LogP contribution in [0.1, 0.15) is 41.7 Å². The maximum absolute atomic E-state index is 2.56. The zero-order chi connectivity index (χ0) is 17.6. The number of hydrogen-bond donors (Lipinski definition) is 0. The molecule has 24 heavy (non-hydrogen) atoms. The zero-order valence-electron chi connectivity index (χ0n) is 16.2. The Kier molecular flexibility index (Phi) is 4.11. The van der Waals surface area contributed by atoms with Gasteiger partial charge in [0.05, 0.1) is 12.2 Å². The molecule has 128 valence electrons.